The van der Waals surface area contributed by atoms with Gasteiger partial charge in [0.25, 0.3) is 0 Å². The highest BCUT2D eigenvalue weighted by molar-refractivity contribution is 5.84. The van der Waals surface area contributed by atoms with E-state index in [9.17, 15) is 4.79 Å². The molecule has 1 aliphatic rings. The first-order valence-corrected chi connectivity index (χ1v) is 7.96. The van der Waals surface area contributed by atoms with Gasteiger partial charge in [-0.15, -0.1) is 0 Å². The second-order valence-corrected chi connectivity index (χ2v) is 5.67. The van der Waals surface area contributed by atoms with Crippen LogP contribution in [-0.4, -0.2) is 58.7 Å². The van der Waals surface area contributed by atoms with Gasteiger partial charge in [0.2, 0.25) is 0 Å². The Kier molecular flexibility index (Phi) is 5.18. The molecule has 0 aliphatic carbocycles. The highest BCUT2D eigenvalue weighted by Crippen LogP contribution is 2.12. The zero-order chi connectivity index (χ0) is 16.8. The van der Waals surface area contributed by atoms with Crippen molar-refractivity contribution in [2.75, 3.05) is 37.6 Å². The van der Waals surface area contributed by atoms with Gasteiger partial charge < -0.3 is 10.0 Å². The number of aromatic nitrogens is 2. The number of hydrogen-bond donors (Lipinski definition) is 1. The van der Waals surface area contributed by atoms with Gasteiger partial charge in [-0.25, -0.2) is 14.8 Å². The summed E-state index contributed by atoms with van der Waals surface area (Å²) in [4.78, 5) is 23.5. The second-order valence-electron chi connectivity index (χ2n) is 5.67. The van der Waals surface area contributed by atoms with Crippen molar-refractivity contribution in [1.82, 2.24) is 14.9 Å². The quantitative estimate of drug-likeness (QED) is 0.907. The van der Waals surface area contributed by atoms with E-state index in [4.69, 9.17) is 5.11 Å². The van der Waals surface area contributed by atoms with Gasteiger partial charge in [-0.1, -0.05) is 42.5 Å². The lowest BCUT2D eigenvalue weighted by Crippen LogP contribution is -2.46. The first-order chi connectivity index (χ1) is 11.7. The summed E-state index contributed by atoms with van der Waals surface area (Å²) in [6.45, 7) is 4.54. The number of carboxylic acids is 1. The third kappa shape index (κ3) is 4.17. The van der Waals surface area contributed by atoms with Crippen LogP contribution in [0.15, 0.2) is 48.8 Å². The predicted octanol–water partition coefficient (Wildman–Crippen LogP) is 2.01. The second kappa shape index (κ2) is 7.70. The van der Waals surface area contributed by atoms with Crippen molar-refractivity contribution in [3.05, 3.63) is 60.1 Å². The standard InChI is InChI=1S/C18H20N4O2/c23-18(24)16-13-20-17(14-19-16)22-11-9-21(10-12-22)8-4-7-15-5-2-1-3-6-15/h1-7,13-14H,8-12H2,(H,23,24)/b7-4+. The minimum atomic E-state index is -1.05. The van der Waals surface area contributed by atoms with Crippen molar-refractivity contribution in [1.29, 1.82) is 0 Å². The normalized spacial score (nSPS) is 15.8. The molecular formula is C18H20N4O2. The van der Waals surface area contributed by atoms with Gasteiger partial charge in [0, 0.05) is 32.7 Å². The summed E-state index contributed by atoms with van der Waals surface area (Å²) in [6.07, 6.45) is 7.18. The van der Waals surface area contributed by atoms with Gasteiger partial charge in [0.1, 0.15) is 5.82 Å². The van der Waals surface area contributed by atoms with E-state index in [0.29, 0.717) is 0 Å². The molecule has 2 aromatic rings. The fraction of sp³-hybridized carbons (Fsp3) is 0.278. The lowest BCUT2D eigenvalue weighted by molar-refractivity contribution is 0.0690. The number of nitrogens with zero attached hydrogens (tertiary/aromatic N) is 4. The molecule has 24 heavy (non-hydrogen) atoms. The molecule has 0 bridgehead atoms. The lowest BCUT2D eigenvalue weighted by Gasteiger charge is -2.34. The van der Waals surface area contributed by atoms with Crippen molar-refractivity contribution in [2.45, 2.75) is 0 Å². The van der Waals surface area contributed by atoms with Gasteiger partial charge in [-0.05, 0) is 5.56 Å². The smallest absolute Gasteiger partial charge is 0.356 e. The SMILES string of the molecule is O=C(O)c1cnc(N2CCN(C/C=C/c3ccccc3)CC2)cn1. The molecule has 1 aromatic heterocycles. The molecule has 0 atom stereocenters. The van der Waals surface area contributed by atoms with Crippen molar-refractivity contribution >= 4 is 17.9 Å². The number of aromatic carboxylic acids is 1. The van der Waals surface area contributed by atoms with Crippen molar-refractivity contribution in [3.63, 3.8) is 0 Å². The molecule has 6 heteroatoms. The molecule has 1 aliphatic heterocycles. The molecule has 1 N–H and O–H groups in total. The zero-order valence-corrected chi connectivity index (χ0v) is 13.4. The number of rotatable bonds is 5. The highest BCUT2D eigenvalue weighted by atomic mass is 16.4. The third-order valence-corrected chi connectivity index (χ3v) is 4.03. The Bertz CT molecular complexity index is 693. The Morgan fingerprint density at radius 2 is 1.83 bits per heavy atom. The van der Waals surface area contributed by atoms with Crippen LogP contribution < -0.4 is 4.90 Å². The zero-order valence-electron chi connectivity index (χ0n) is 13.4. The molecule has 1 aromatic carbocycles. The molecular weight excluding hydrogens is 304 g/mol. The number of hydrogen-bond acceptors (Lipinski definition) is 5. The molecule has 0 unspecified atom stereocenters. The summed E-state index contributed by atoms with van der Waals surface area (Å²) in [5, 5.41) is 8.86. The third-order valence-electron chi connectivity index (χ3n) is 4.03. The van der Waals surface area contributed by atoms with E-state index in [2.05, 4.69) is 44.1 Å². The van der Waals surface area contributed by atoms with Crippen molar-refractivity contribution in [3.8, 4) is 0 Å². The van der Waals surface area contributed by atoms with Crippen LogP contribution in [0.4, 0.5) is 5.82 Å². The van der Waals surface area contributed by atoms with Gasteiger partial charge in [-0.2, -0.15) is 0 Å². The first-order valence-electron chi connectivity index (χ1n) is 7.96. The Morgan fingerprint density at radius 1 is 1.08 bits per heavy atom. The van der Waals surface area contributed by atoms with Crippen LogP contribution in [0.1, 0.15) is 16.1 Å². The summed E-state index contributed by atoms with van der Waals surface area (Å²) >= 11 is 0. The van der Waals surface area contributed by atoms with E-state index in [0.717, 1.165) is 38.5 Å². The molecule has 124 valence electrons. The van der Waals surface area contributed by atoms with Crippen LogP contribution in [0.25, 0.3) is 6.08 Å². The highest BCUT2D eigenvalue weighted by Gasteiger charge is 2.17. The molecule has 6 nitrogen and oxygen atoms in total. The number of carboxylic acid groups (broad SMARTS) is 1. The van der Waals surface area contributed by atoms with Crippen molar-refractivity contribution < 1.29 is 9.90 Å². The first kappa shape index (κ1) is 16.1. The fourth-order valence-corrected chi connectivity index (χ4v) is 2.66. The average molecular weight is 324 g/mol. The maximum Gasteiger partial charge on any atom is 0.356 e. The van der Waals surface area contributed by atoms with Gasteiger partial charge in [0.05, 0.1) is 12.4 Å². The Labute approximate surface area is 141 Å². The maximum absolute atomic E-state index is 10.8. The molecule has 1 saturated heterocycles. The van der Waals surface area contributed by atoms with Crippen LogP contribution in [0.3, 0.4) is 0 Å². The molecule has 0 amide bonds. The molecule has 0 spiro atoms. The Balaban J connectivity index is 1.48. The van der Waals surface area contributed by atoms with Crippen LogP contribution >= 0.6 is 0 Å². The van der Waals surface area contributed by atoms with E-state index >= 15 is 0 Å². The van der Waals surface area contributed by atoms with E-state index in [1.54, 1.807) is 0 Å². The predicted molar refractivity (Wildman–Crippen MR) is 93.1 cm³/mol. The summed E-state index contributed by atoms with van der Waals surface area (Å²) in [6, 6.07) is 10.3. The van der Waals surface area contributed by atoms with Crippen LogP contribution in [0, 0.1) is 0 Å². The van der Waals surface area contributed by atoms with Gasteiger partial charge >= 0.3 is 5.97 Å². The van der Waals surface area contributed by atoms with Crippen molar-refractivity contribution in [2.24, 2.45) is 0 Å². The van der Waals surface area contributed by atoms with E-state index in [-0.39, 0.29) is 5.69 Å². The topological polar surface area (TPSA) is 69.6 Å². The largest absolute Gasteiger partial charge is 0.476 e. The summed E-state index contributed by atoms with van der Waals surface area (Å²) in [5.74, 6) is -0.316. The Morgan fingerprint density at radius 3 is 2.46 bits per heavy atom. The number of piperazine rings is 1. The van der Waals surface area contributed by atoms with Crippen LogP contribution in [0.5, 0.6) is 0 Å². The monoisotopic (exact) mass is 324 g/mol. The van der Waals surface area contributed by atoms with Crippen LogP contribution in [0.2, 0.25) is 0 Å². The summed E-state index contributed by atoms with van der Waals surface area (Å²) in [5.41, 5.74) is 1.19. The van der Waals surface area contributed by atoms with E-state index in [1.807, 2.05) is 18.2 Å². The fourth-order valence-electron chi connectivity index (χ4n) is 2.66. The lowest BCUT2D eigenvalue weighted by atomic mass is 10.2. The molecule has 2 heterocycles. The Hall–Kier alpha value is -2.73. The van der Waals surface area contributed by atoms with E-state index < -0.39 is 5.97 Å². The minimum absolute atomic E-state index is 0.0246. The number of carbonyl (C=O) groups is 1. The molecule has 3 rings (SSSR count). The number of benzene rings is 1. The molecule has 0 radical (unpaired) electrons. The molecule has 0 saturated carbocycles. The van der Waals surface area contributed by atoms with Gasteiger partial charge in [0.15, 0.2) is 5.69 Å². The number of anilines is 1. The summed E-state index contributed by atoms with van der Waals surface area (Å²) < 4.78 is 0. The summed E-state index contributed by atoms with van der Waals surface area (Å²) in [7, 11) is 0. The van der Waals surface area contributed by atoms with Gasteiger partial charge in [-0.3, -0.25) is 4.90 Å². The maximum atomic E-state index is 10.8. The average Bonchev–Trinajstić information content (AvgIpc) is 2.63. The van der Waals surface area contributed by atoms with E-state index in [1.165, 1.54) is 18.0 Å². The molecule has 1 fully saturated rings. The van der Waals surface area contributed by atoms with Crippen LogP contribution in [-0.2, 0) is 0 Å². The minimum Gasteiger partial charge on any atom is -0.476 e.